The monoisotopic (exact) mass is 445 g/mol. The smallest absolute Gasteiger partial charge is 0.324 e. The molecule has 1 aliphatic carbocycles. The summed E-state index contributed by atoms with van der Waals surface area (Å²) in [7, 11) is -3.75. The Morgan fingerprint density at radius 2 is 1.84 bits per heavy atom. The van der Waals surface area contributed by atoms with Gasteiger partial charge < -0.3 is 9.64 Å². The molecule has 0 unspecified atom stereocenters. The van der Waals surface area contributed by atoms with Crippen LogP contribution in [0.25, 0.3) is 0 Å². The minimum absolute atomic E-state index is 0.0222. The summed E-state index contributed by atoms with van der Waals surface area (Å²) >= 11 is 0. The first-order chi connectivity index (χ1) is 14.9. The van der Waals surface area contributed by atoms with Gasteiger partial charge in [0.2, 0.25) is 15.9 Å². The highest BCUT2D eigenvalue weighted by Crippen LogP contribution is 2.25. The van der Waals surface area contributed by atoms with Crippen LogP contribution < -0.4 is 14.8 Å². The number of hydrogen-bond acceptors (Lipinski definition) is 7. The van der Waals surface area contributed by atoms with Gasteiger partial charge in [-0.2, -0.15) is 10.2 Å². The number of amides is 3. The predicted molar refractivity (Wildman–Crippen MR) is 109 cm³/mol. The molecule has 0 bridgehead atoms. The lowest BCUT2D eigenvalue weighted by Crippen LogP contribution is -2.28. The molecule has 31 heavy (non-hydrogen) atoms. The molecule has 2 fully saturated rings. The fourth-order valence-electron chi connectivity index (χ4n) is 3.54. The van der Waals surface area contributed by atoms with E-state index < -0.39 is 16.1 Å². The number of aromatic nitrogens is 2. The Morgan fingerprint density at radius 1 is 1.10 bits per heavy atom. The normalized spacial score (nSPS) is 17.2. The van der Waals surface area contributed by atoms with Gasteiger partial charge in [-0.15, -0.1) is 0 Å². The highest BCUT2D eigenvalue weighted by Gasteiger charge is 2.27. The van der Waals surface area contributed by atoms with Gasteiger partial charge in [-0.3, -0.25) is 10.1 Å². The first-order valence-electron chi connectivity index (χ1n) is 10.1. The van der Waals surface area contributed by atoms with Crippen molar-refractivity contribution in [3.05, 3.63) is 47.8 Å². The third kappa shape index (κ3) is 5.36. The predicted octanol–water partition coefficient (Wildman–Crippen LogP) is 1.33. The van der Waals surface area contributed by atoms with E-state index in [1.165, 1.54) is 17.0 Å². The number of urea groups is 1. The fourth-order valence-corrected chi connectivity index (χ4v) is 4.57. The number of sulfonamides is 1. The second kappa shape index (κ2) is 8.98. The van der Waals surface area contributed by atoms with Gasteiger partial charge in [-0.25, -0.2) is 17.9 Å². The number of imide groups is 1. The number of rotatable bonds is 8. The molecule has 2 heterocycles. The van der Waals surface area contributed by atoms with Crippen molar-refractivity contribution in [2.45, 2.75) is 49.8 Å². The van der Waals surface area contributed by atoms with Crippen molar-refractivity contribution < 1.29 is 22.7 Å². The molecule has 1 aliphatic heterocycles. The molecule has 2 N–H and O–H groups in total. The molecule has 1 aromatic heterocycles. The Hall–Kier alpha value is -3.05. The number of ether oxygens (including phenoxy) is 1. The summed E-state index contributed by atoms with van der Waals surface area (Å²) in [5.41, 5.74) is 0.917. The van der Waals surface area contributed by atoms with Crippen molar-refractivity contribution in [3.8, 4) is 5.75 Å². The molecule has 1 aromatic carbocycles. The van der Waals surface area contributed by atoms with E-state index in [-0.39, 0.29) is 36.5 Å². The maximum absolute atomic E-state index is 12.7. The van der Waals surface area contributed by atoms with Gasteiger partial charge in [0.15, 0.2) is 0 Å². The zero-order valence-corrected chi connectivity index (χ0v) is 17.6. The van der Waals surface area contributed by atoms with E-state index in [1.807, 2.05) is 0 Å². The molecule has 3 amide bonds. The SMILES string of the molecule is O=C1CN(Cc2ccc(CNS(=O)(=O)c3cccc(OC4CCCC4)c3)nn2)C(=O)N1. The number of carbonyl (C=O) groups excluding carboxylic acids is 2. The van der Waals surface area contributed by atoms with Crippen LogP contribution in [0.5, 0.6) is 5.75 Å². The van der Waals surface area contributed by atoms with Crippen LogP contribution in [0, 0.1) is 0 Å². The number of benzene rings is 1. The Bertz CT molecular complexity index is 1070. The van der Waals surface area contributed by atoms with Gasteiger partial charge in [0.25, 0.3) is 0 Å². The van der Waals surface area contributed by atoms with E-state index in [2.05, 4.69) is 20.2 Å². The second-order valence-corrected chi connectivity index (χ2v) is 9.32. The zero-order chi connectivity index (χ0) is 21.8. The average molecular weight is 446 g/mol. The standard InChI is InChI=1S/C20H23N5O5S/c26-19-13-25(20(27)22-19)12-15-9-8-14(23-24-15)11-21-31(28,29)18-7-3-6-17(10-18)30-16-4-1-2-5-16/h3,6-10,16,21H,1-2,4-5,11-13H2,(H,22,26,27). The molecule has 4 rings (SSSR count). The van der Waals surface area contributed by atoms with Gasteiger partial charge in [-0.1, -0.05) is 6.07 Å². The summed E-state index contributed by atoms with van der Waals surface area (Å²) in [6.45, 7) is 0.0853. The van der Waals surface area contributed by atoms with Crippen LogP contribution in [0.1, 0.15) is 37.1 Å². The minimum Gasteiger partial charge on any atom is -0.490 e. The van der Waals surface area contributed by atoms with E-state index >= 15 is 0 Å². The lowest BCUT2D eigenvalue weighted by Gasteiger charge is -2.14. The van der Waals surface area contributed by atoms with Gasteiger partial charge in [0.05, 0.1) is 35.5 Å². The Balaban J connectivity index is 1.34. The Kier molecular flexibility index (Phi) is 6.14. The van der Waals surface area contributed by atoms with Gasteiger partial charge >= 0.3 is 6.03 Å². The van der Waals surface area contributed by atoms with E-state index in [1.54, 1.807) is 24.3 Å². The summed E-state index contributed by atoms with van der Waals surface area (Å²) in [6, 6.07) is 9.26. The lowest BCUT2D eigenvalue weighted by atomic mass is 10.3. The lowest BCUT2D eigenvalue weighted by molar-refractivity contribution is -0.118. The number of hydrogen-bond donors (Lipinski definition) is 2. The van der Waals surface area contributed by atoms with Crippen LogP contribution in [-0.2, 0) is 27.9 Å². The highest BCUT2D eigenvalue weighted by atomic mass is 32.2. The first kappa shape index (κ1) is 21.2. The Morgan fingerprint density at radius 3 is 2.52 bits per heavy atom. The fraction of sp³-hybridized carbons (Fsp3) is 0.400. The van der Waals surface area contributed by atoms with Gasteiger partial charge in [0.1, 0.15) is 12.3 Å². The third-order valence-corrected chi connectivity index (χ3v) is 6.56. The minimum atomic E-state index is -3.75. The zero-order valence-electron chi connectivity index (χ0n) is 16.8. The van der Waals surface area contributed by atoms with Crippen molar-refractivity contribution in [1.82, 2.24) is 25.1 Å². The number of carbonyl (C=O) groups is 2. The molecule has 0 spiro atoms. The van der Waals surface area contributed by atoms with Crippen molar-refractivity contribution in [2.75, 3.05) is 6.54 Å². The topological polar surface area (TPSA) is 131 Å². The van der Waals surface area contributed by atoms with Crippen LogP contribution in [0.3, 0.4) is 0 Å². The van der Waals surface area contributed by atoms with Crippen LogP contribution in [-0.4, -0.2) is 48.1 Å². The van der Waals surface area contributed by atoms with Crippen molar-refractivity contribution in [3.63, 3.8) is 0 Å². The Labute approximate surface area is 180 Å². The molecule has 1 saturated carbocycles. The van der Waals surface area contributed by atoms with E-state index in [0.717, 1.165) is 25.7 Å². The molecule has 0 atom stereocenters. The van der Waals surface area contributed by atoms with Crippen LogP contribution in [0.2, 0.25) is 0 Å². The average Bonchev–Trinajstić information content (AvgIpc) is 3.37. The van der Waals surface area contributed by atoms with Gasteiger partial charge in [-0.05, 0) is 49.9 Å². The summed E-state index contributed by atoms with van der Waals surface area (Å²) in [6.07, 6.45) is 4.39. The molecule has 0 radical (unpaired) electrons. The van der Waals surface area contributed by atoms with Gasteiger partial charge in [0, 0.05) is 6.07 Å². The quantitative estimate of drug-likeness (QED) is 0.586. The van der Waals surface area contributed by atoms with E-state index in [4.69, 9.17) is 4.74 Å². The van der Waals surface area contributed by atoms with Crippen LogP contribution >= 0.6 is 0 Å². The molecular weight excluding hydrogens is 422 g/mol. The largest absolute Gasteiger partial charge is 0.490 e. The summed E-state index contributed by atoms with van der Waals surface area (Å²) < 4.78 is 33.7. The summed E-state index contributed by atoms with van der Waals surface area (Å²) in [4.78, 5) is 24.3. The molecule has 11 heteroatoms. The number of nitrogens with one attached hydrogen (secondary N) is 2. The molecule has 2 aliphatic rings. The van der Waals surface area contributed by atoms with E-state index in [9.17, 15) is 18.0 Å². The molecular formula is C20H23N5O5S. The number of nitrogens with zero attached hydrogens (tertiary/aromatic N) is 3. The highest BCUT2D eigenvalue weighted by molar-refractivity contribution is 7.89. The van der Waals surface area contributed by atoms with Crippen molar-refractivity contribution in [2.24, 2.45) is 0 Å². The third-order valence-electron chi connectivity index (χ3n) is 5.16. The van der Waals surface area contributed by atoms with Crippen LogP contribution in [0.4, 0.5) is 4.79 Å². The van der Waals surface area contributed by atoms with E-state index in [0.29, 0.717) is 17.1 Å². The molecule has 164 valence electrons. The molecule has 2 aromatic rings. The summed E-state index contributed by atoms with van der Waals surface area (Å²) in [5.74, 6) is 0.185. The maximum Gasteiger partial charge on any atom is 0.324 e. The maximum atomic E-state index is 12.7. The van der Waals surface area contributed by atoms with Crippen molar-refractivity contribution in [1.29, 1.82) is 0 Å². The molecule has 10 nitrogen and oxygen atoms in total. The summed E-state index contributed by atoms with van der Waals surface area (Å²) in [5, 5.41) is 10.2. The second-order valence-electron chi connectivity index (χ2n) is 7.55. The van der Waals surface area contributed by atoms with Crippen molar-refractivity contribution >= 4 is 22.0 Å². The first-order valence-corrected chi connectivity index (χ1v) is 11.5. The van der Waals surface area contributed by atoms with Crippen LogP contribution in [0.15, 0.2) is 41.3 Å². The molecule has 1 saturated heterocycles.